The van der Waals surface area contributed by atoms with Crippen molar-refractivity contribution >= 4 is 35.6 Å². The summed E-state index contributed by atoms with van der Waals surface area (Å²) in [6.45, 7) is 1.98. The molecule has 0 bridgehead atoms. The van der Waals surface area contributed by atoms with Crippen LogP contribution in [0.25, 0.3) is 0 Å². The second kappa shape index (κ2) is 16.2. The van der Waals surface area contributed by atoms with E-state index in [4.69, 9.17) is 33.1 Å². The van der Waals surface area contributed by atoms with Gasteiger partial charge in [0.15, 0.2) is 5.96 Å². The van der Waals surface area contributed by atoms with E-state index in [1.165, 1.54) is 6.92 Å². The summed E-state index contributed by atoms with van der Waals surface area (Å²) in [6, 6.07) is -4.84. The molecule has 15 nitrogen and oxygen atoms in total. The smallest absolute Gasteiger partial charge is 0.326 e. The van der Waals surface area contributed by atoms with Gasteiger partial charge in [0, 0.05) is 6.54 Å². The molecule has 0 aromatic carbocycles. The molecular weight excluding hydrogens is 452 g/mol. The molecule has 0 aliphatic carbocycles. The fourth-order valence-corrected chi connectivity index (χ4v) is 2.74. The summed E-state index contributed by atoms with van der Waals surface area (Å²) in [5.74, 6) is -5.35. The maximum atomic E-state index is 12.6. The van der Waals surface area contributed by atoms with Crippen LogP contribution in [0, 0.1) is 0 Å². The van der Waals surface area contributed by atoms with E-state index in [0.29, 0.717) is 25.8 Å². The number of hydrogen-bond acceptors (Lipinski definition) is 8. The minimum atomic E-state index is -1.70. The van der Waals surface area contributed by atoms with Crippen molar-refractivity contribution in [1.29, 1.82) is 0 Å². The van der Waals surface area contributed by atoms with Gasteiger partial charge in [-0.05, 0) is 39.2 Å². The third-order valence-electron chi connectivity index (χ3n) is 4.63. The van der Waals surface area contributed by atoms with Crippen LogP contribution in [0.4, 0.5) is 0 Å². The number of carbonyl (C=O) groups is 5. The molecule has 4 unspecified atom stereocenters. The third kappa shape index (κ3) is 13.2. The number of rotatable bonds is 17. The molecule has 0 aliphatic heterocycles. The molecular formula is C19H36N8O7. The van der Waals surface area contributed by atoms with Crippen molar-refractivity contribution in [2.75, 3.05) is 13.1 Å². The normalized spacial score (nSPS) is 14.1. The maximum Gasteiger partial charge on any atom is 0.326 e. The average Bonchev–Trinajstić information content (AvgIpc) is 2.74. The van der Waals surface area contributed by atoms with E-state index < -0.39 is 60.2 Å². The molecule has 0 fully saturated rings. The quantitative estimate of drug-likeness (QED) is 0.0550. The summed E-state index contributed by atoms with van der Waals surface area (Å²) in [5, 5.41) is 25.0. The van der Waals surface area contributed by atoms with Gasteiger partial charge in [-0.15, -0.1) is 0 Å². The number of guanidine groups is 1. The summed E-state index contributed by atoms with van der Waals surface area (Å²) in [4.78, 5) is 63.3. The molecule has 0 saturated carbocycles. The van der Waals surface area contributed by atoms with Gasteiger partial charge in [-0.3, -0.25) is 24.2 Å². The van der Waals surface area contributed by atoms with E-state index >= 15 is 0 Å². The Morgan fingerprint density at radius 1 is 0.853 bits per heavy atom. The Kier molecular flexibility index (Phi) is 14.6. The average molecular weight is 489 g/mol. The van der Waals surface area contributed by atoms with Gasteiger partial charge in [-0.25, -0.2) is 4.79 Å². The van der Waals surface area contributed by atoms with Gasteiger partial charge in [0.1, 0.15) is 18.1 Å². The van der Waals surface area contributed by atoms with Crippen LogP contribution in [0.3, 0.4) is 0 Å². The lowest BCUT2D eigenvalue weighted by molar-refractivity contribution is -0.147. The predicted molar refractivity (Wildman–Crippen MR) is 122 cm³/mol. The van der Waals surface area contributed by atoms with Crippen LogP contribution in [0.2, 0.25) is 0 Å². The Morgan fingerprint density at radius 2 is 1.47 bits per heavy atom. The summed E-state index contributed by atoms with van der Waals surface area (Å²) in [7, 11) is 0. The van der Waals surface area contributed by atoms with Crippen molar-refractivity contribution in [2.24, 2.45) is 27.9 Å². The molecule has 13 N–H and O–H groups in total. The second-order valence-electron chi connectivity index (χ2n) is 7.63. The standard InChI is InChI=1S/C19H36N8O7/c1-10(25-16(31)11(21)5-2-3-7-20)15(30)26-12(6-4-8-24-19(22)23)17(32)27-13(18(33)34)9-14(28)29/h10-13H,2-9,20-21H2,1H3,(H,25,31)(H,26,30)(H,27,32)(H,28,29)(H,33,34)(H4,22,23,24). The molecule has 0 aliphatic rings. The van der Waals surface area contributed by atoms with Gasteiger partial charge in [-0.2, -0.15) is 0 Å². The number of nitrogens with two attached hydrogens (primary N) is 4. The first-order valence-electron chi connectivity index (χ1n) is 10.8. The largest absolute Gasteiger partial charge is 0.481 e. The van der Waals surface area contributed by atoms with Crippen molar-refractivity contribution in [3.63, 3.8) is 0 Å². The van der Waals surface area contributed by atoms with Gasteiger partial charge in [0.2, 0.25) is 17.7 Å². The Bertz CT molecular complexity index is 742. The molecule has 0 saturated heterocycles. The highest BCUT2D eigenvalue weighted by Gasteiger charge is 2.29. The van der Waals surface area contributed by atoms with Crippen LogP contribution >= 0.6 is 0 Å². The second-order valence-corrected chi connectivity index (χ2v) is 7.63. The number of unbranched alkanes of at least 4 members (excludes halogenated alkanes) is 1. The van der Waals surface area contributed by atoms with Crippen LogP contribution < -0.4 is 38.9 Å². The number of aliphatic imine (C=N–C) groups is 1. The zero-order chi connectivity index (χ0) is 26.3. The van der Waals surface area contributed by atoms with Gasteiger partial charge < -0.3 is 49.1 Å². The number of carboxylic acid groups (broad SMARTS) is 2. The monoisotopic (exact) mass is 488 g/mol. The first kappa shape index (κ1) is 30.5. The summed E-state index contributed by atoms with van der Waals surface area (Å²) in [6.07, 6.45) is 1.11. The lowest BCUT2D eigenvalue weighted by Crippen LogP contribution is -2.56. The molecule has 15 heteroatoms. The number of nitrogens with one attached hydrogen (secondary N) is 3. The van der Waals surface area contributed by atoms with E-state index in [1.54, 1.807) is 0 Å². The molecule has 3 amide bonds. The molecule has 0 heterocycles. The molecule has 194 valence electrons. The van der Waals surface area contributed by atoms with E-state index in [-0.39, 0.29) is 25.3 Å². The van der Waals surface area contributed by atoms with Crippen molar-refractivity contribution in [2.45, 2.75) is 69.6 Å². The number of hydrogen-bond donors (Lipinski definition) is 9. The fraction of sp³-hybridized carbons (Fsp3) is 0.684. The number of amides is 3. The summed E-state index contributed by atoms with van der Waals surface area (Å²) < 4.78 is 0. The van der Waals surface area contributed by atoms with Crippen LogP contribution in [-0.2, 0) is 24.0 Å². The van der Waals surface area contributed by atoms with Gasteiger partial charge >= 0.3 is 11.9 Å². The molecule has 0 rings (SSSR count). The SMILES string of the molecule is CC(NC(=O)C(N)CCCCN)C(=O)NC(CCCN=C(N)N)C(=O)NC(CC(=O)O)C(=O)O. The Balaban J connectivity index is 5.19. The highest BCUT2D eigenvalue weighted by Crippen LogP contribution is 2.03. The Morgan fingerprint density at radius 3 is 2.00 bits per heavy atom. The fourth-order valence-electron chi connectivity index (χ4n) is 2.74. The number of carbonyl (C=O) groups excluding carboxylic acids is 3. The molecule has 0 aromatic rings. The summed E-state index contributed by atoms with van der Waals surface area (Å²) >= 11 is 0. The Labute approximate surface area is 197 Å². The lowest BCUT2D eigenvalue weighted by Gasteiger charge is -2.23. The van der Waals surface area contributed by atoms with Crippen LogP contribution in [-0.4, -0.2) is 83.1 Å². The number of carboxylic acids is 2. The van der Waals surface area contributed by atoms with E-state index in [2.05, 4.69) is 20.9 Å². The van der Waals surface area contributed by atoms with Crippen molar-refractivity contribution in [3.8, 4) is 0 Å². The number of nitrogens with zero attached hydrogens (tertiary/aromatic N) is 1. The molecule has 0 radical (unpaired) electrons. The lowest BCUT2D eigenvalue weighted by atomic mass is 10.1. The molecule has 0 spiro atoms. The minimum absolute atomic E-state index is 0.00698. The maximum absolute atomic E-state index is 12.6. The van der Waals surface area contributed by atoms with Gasteiger partial charge in [0.25, 0.3) is 0 Å². The molecule has 34 heavy (non-hydrogen) atoms. The van der Waals surface area contributed by atoms with Crippen LogP contribution in [0.15, 0.2) is 4.99 Å². The minimum Gasteiger partial charge on any atom is -0.481 e. The third-order valence-corrected chi connectivity index (χ3v) is 4.63. The highest BCUT2D eigenvalue weighted by molar-refractivity contribution is 5.94. The number of aliphatic carboxylic acids is 2. The van der Waals surface area contributed by atoms with Crippen LogP contribution in [0.1, 0.15) is 45.4 Å². The van der Waals surface area contributed by atoms with Gasteiger partial charge in [-0.1, -0.05) is 6.42 Å². The zero-order valence-electron chi connectivity index (χ0n) is 19.2. The van der Waals surface area contributed by atoms with Gasteiger partial charge in [0.05, 0.1) is 12.5 Å². The van der Waals surface area contributed by atoms with Crippen molar-refractivity contribution in [1.82, 2.24) is 16.0 Å². The topological polar surface area (TPSA) is 278 Å². The van der Waals surface area contributed by atoms with E-state index in [9.17, 15) is 24.0 Å². The van der Waals surface area contributed by atoms with E-state index in [0.717, 1.165) is 0 Å². The van der Waals surface area contributed by atoms with Crippen molar-refractivity contribution < 1.29 is 34.2 Å². The Hall–Kier alpha value is -3.46. The first-order valence-corrected chi connectivity index (χ1v) is 10.8. The van der Waals surface area contributed by atoms with Crippen molar-refractivity contribution in [3.05, 3.63) is 0 Å². The zero-order valence-corrected chi connectivity index (χ0v) is 19.2. The highest BCUT2D eigenvalue weighted by atomic mass is 16.4. The molecule has 0 aromatic heterocycles. The van der Waals surface area contributed by atoms with Crippen LogP contribution in [0.5, 0.6) is 0 Å². The summed E-state index contributed by atoms with van der Waals surface area (Å²) in [5.41, 5.74) is 21.7. The van der Waals surface area contributed by atoms with E-state index in [1.807, 2.05) is 0 Å². The first-order chi connectivity index (χ1) is 15.9. The predicted octanol–water partition coefficient (Wildman–Crippen LogP) is -3.47. The molecule has 4 atom stereocenters.